The number of carboxylic acid groups (broad SMARTS) is 1. The lowest BCUT2D eigenvalue weighted by Gasteiger charge is -2.26. The van der Waals surface area contributed by atoms with Crippen LogP contribution in [0.2, 0.25) is 0 Å². The molecular formula is C26H27NO6. The molecule has 7 nitrogen and oxygen atoms in total. The van der Waals surface area contributed by atoms with Crippen LogP contribution in [0.3, 0.4) is 0 Å². The van der Waals surface area contributed by atoms with Gasteiger partial charge in [0.1, 0.15) is 11.3 Å². The fourth-order valence-corrected chi connectivity index (χ4v) is 4.24. The number of carboxylic acids is 1. The Morgan fingerprint density at radius 3 is 2.52 bits per heavy atom. The molecule has 33 heavy (non-hydrogen) atoms. The standard InChI is InChI=1S/C26H27NO6/c1-16(24(28)27-15-17-7-9-19(10-8-17)25(29)30)32-21-12-11-20-13-22(18-5-3-2-4-6-18)26(31)33-23(20)14-21/h2-6,11-14,16-17,19H,7-10,15H2,1H3,(H,27,28)(H,29,30)/t16-,17?,19?/m0/s1. The minimum atomic E-state index is -0.734. The Bertz CT molecular complexity index is 1190. The zero-order valence-electron chi connectivity index (χ0n) is 18.5. The smallest absolute Gasteiger partial charge is 0.344 e. The maximum Gasteiger partial charge on any atom is 0.344 e. The number of fused-ring (bicyclic) bond motifs is 1. The number of hydrogen-bond donors (Lipinski definition) is 2. The van der Waals surface area contributed by atoms with Gasteiger partial charge >= 0.3 is 11.6 Å². The maximum atomic E-state index is 12.5. The van der Waals surface area contributed by atoms with E-state index in [1.807, 2.05) is 30.3 Å². The van der Waals surface area contributed by atoms with E-state index in [9.17, 15) is 14.4 Å². The number of nitrogens with one attached hydrogen (secondary N) is 1. The van der Waals surface area contributed by atoms with Crippen molar-refractivity contribution in [2.24, 2.45) is 11.8 Å². The molecular weight excluding hydrogens is 422 g/mol. The predicted octanol–water partition coefficient (Wildman–Crippen LogP) is 4.23. The molecule has 1 aromatic heterocycles. The van der Waals surface area contributed by atoms with Gasteiger partial charge in [-0.3, -0.25) is 9.59 Å². The number of amides is 1. The molecule has 2 aromatic carbocycles. The van der Waals surface area contributed by atoms with Gasteiger partial charge in [-0.1, -0.05) is 30.3 Å². The largest absolute Gasteiger partial charge is 0.481 e. The third-order valence-corrected chi connectivity index (χ3v) is 6.24. The first-order valence-electron chi connectivity index (χ1n) is 11.2. The Hall–Kier alpha value is -3.61. The van der Waals surface area contributed by atoms with Crippen molar-refractivity contribution in [3.63, 3.8) is 0 Å². The molecule has 2 N–H and O–H groups in total. The molecule has 0 bridgehead atoms. The zero-order valence-corrected chi connectivity index (χ0v) is 18.5. The number of carbonyl (C=O) groups excluding carboxylic acids is 1. The van der Waals surface area contributed by atoms with E-state index in [1.165, 1.54) is 0 Å². The van der Waals surface area contributed by atoms with Crippen LogP contribution in [-0.4, -0.2) is 29.6 Å². The van der Waals surface area contributed by atoms with Crippen molar-refractivity contribution in [1.29, 1.82) is 0 Å². The topological polar surface area (TPSA) is 106 Å². The summed E-state index contributed by atoms with van der Waals surface area (Å²) in [6.45, 7) is 2.17. The molecule has 1 saturated carbocycles. The van der Waals surface area contributed by atoms with Crippen molar-refractivity contribution in [2.75, 3.05) is 6.54 Å². The number of benzene rings is 2. The summed E-state index contributed by atoms with van der Waals surface area (Å²) in [4.78, 5) is 36.0. The van der Waals surface area contributed by atoms with Crippen LogP contribution in [-0.2, 0) is 9.59 Å². The first kappa shape index (κ1) is 22.6. The molecule has 4 rings (SSSR count). The normalized spacial score (nSPS) is 19.1. The molecule has 1 aliphatic carbocycles. The molecule has 0 aliphatic heterocycles. The monoisotopic (exact) mass is 449 g/mol. The minimum absolute atomic E-state index is 0.240. The van der Waals surface area contributed by atoms with Crippen LogP contribution >= 0.6 is 0 Å². The summed E-state index contributed by atoms with van der Waals surface area (Å²) in [6, 6.07) is 16.3. The van der Waals surface area contributed by atoms with E-state index in [1.54, 1.807) is 31.2 Å². The Kier molecular flexibility index (Phi) is 6.77. The van der Waals surface area contributed by atoms with Gasteiger partial charge in [0.25, 0.3) is 5.91 Å². The molecule has 0 spiro atoms. The Morgan fingerprint density at radius 2 is 1.82 bits per heavy atom. The second-order valence-corrected chi connectivity index (χ2v) is 8.57. The molecule has 7 heteroatoms. The summed E-state index contributed by atoms with van der Waals surface area (Å²) < 4.78 is 11.3. The molecule has 1 heterocycles. The molecule has 0 radical (unpaired) electrons. The highest BCUT2D eigenvalue weighted by molar-refractivity contribution is 5.83. The average molecular weight is 450 g/mol. The van der Waals surface area contributed by atoms with Crippen LogP contribution < -0.4 is 15.7 Å². The average Bonchev–Trinajstić information content (AvgIpc) is 2.82. The van der Waals surface area contributed by atoms with E-state index in [-0.39, 0.29) is 17.7 Å². The summed E-state index contributed by atoms with van der Waals surface area (Å²) in [7, 11) is 0. The summed E-state index contributed by atoms with van der Waals surface area (Å²) in [5.41, 5.74) is 1.23. The second-order valence-electron chi connectivity index (χ2n) is 8.57. The van der Waals surface area contributed by atoms with Gasteiger partial charge in [-0.25, -0.2) is 4.79 Å². The number of rotatable bonds is 7. The first-order chi connectivity index (χ1) is 15.9. The van der Waals surface area contributed by atoms with Crippen LogP contribution in [0, 0.1) is 11.8 Å². The third kappa shape index (κ3) is 5.42. The summed E-state index contributed by atoms with van der Waals surface area (Å²) in [5.74, 6) is -0.525. The number of hydrogen-bond acceptors (Lipinski definition) is 5. The number of aliphatic carboxylic acids is 1. The van der Waals surface area contributed by atoms with E-state index >= 15 is 0 Å². The molecule has 172 valence electrons. The predicted molar refractivity (Wildman–Crippen MR) is 124 cm³/mol. The summed E-state index contributed by atoms with van der Waals surface area (Å²) in [5, 5.41) is 12.8. The quantitative estimate of drug-likeness (QED) is 0.523. The SMILES string of the molecule is C[C@H](Oc1ccc2cc(-c3ccccc3)c(=O)oc2c1)C(=O)NCC1CCC(C(=O)O)CC1. The molecule has 1 fully saturated rings. The van der Waals surface area contributed by atoms with Crippen molar-refractivity contribution in [2.45, 2.75) is 38.7 Å². The fraction of sp³-hybridized carbons (Fsp3) is 0.346. The van der Waals surface area contributed by atoms with Crippen molar-refractivity contribution in [3.05, 3.63) is 65.0 Å². The highest BCUT2D eigenvalue weighted by Crippen LogP contribution is 2.28. The number of ether oxygens (including phenoxy) is 1. The van der Waals surface area contributed by atoms with E-state index in [0.29, 0.717) is 36.3 Å². The van der Waals surface area contributed by atoms with Gasteiger partial charge in [0.2, 0.25) is 0 Å². The molecule has 0 saturated heterocycles. The fourth-order valence-electron chi connectivity index (χ4n) is 4.24. The zero-order chi connectivity index (χ0) is 23.4. The Balaban J connectivity index is 1.36. The van der Waals surface area contributed by atoms with E-state index in [2.05, 4.69) is 5.32 Å². The third-order valence-electron chi connectivity index (χ3n) is 6.24. The Labute approximate surface area is 191 Å². The van der Waals surface area contributed by atoms with Gasteiger partial charge in [0, 0.05) is 18.0 Å². The molecule has 1 aliphatic rings. The van der Waals surface area contributed by atoms with E-state index in [0.717, 1.165) is 23.8 Å². The molecule has 0 unspecified atom stereocenters. The van der Waals surface area contributed by atoms with Gasteiger partial charge < -0.3 is 19.6 Å². The van der Waals surface area contributed by atoms with Crippen LogP contribution in [0.1, 0.15) is 32.6 Å². The van der Waals surface area contributed by atoms with Crippen molar-refractivity contribution in [1.82, 2.24) is 5.32 Å². The number of carbonyl (C=O) groups is 2. The maximum absolute atomic E-state index is 12.5. The van der Waals surface area contributed by atoms with Crippen LogP contribution in [0.25, 0.3) is 22.1 Å². The van der Waals surface area contributed by atoms with E-state index in [4.69, 9.17) is 14.3 Å². The Morgan fingerprint density at radius 1 is 1.09 bits per heavy atom. The van der Waals surface area contributed by atoms with Gasteiger partial charge in [0.15, 0.2) is 6.10 Å². The van der Waals surface area contributed by atoms with Gasteiger partial charge in [0.05, 0.1) is 11.5 Å². The van der Waals surface area contributed by atoms with Crippen molar-refractivity contribution < 1.29 is 23.8 Å². The van der Waals surface area contributed by atoms with Crippen molar-refractivity contribution >= 4 is 22.8 Å². The first-order valence-corrected chi connectivity index (χ1v) is 11.2. The van der Waals surface area contributed by atoms with Crippen LogP contribution in [0.5, 0.6) is 5.75 Å². The van der Waals surface area contributed by atoms with Crippen LogP contribution in [0.4, 0.5) is 0 Å². The second kappa shape index (κ2) is 9.90. The van der Waals surface area contributed by atoms with Gasteiger partial charge in [-0.2, -0.15) is 0 Å². The lowest BCUT2D eigenvalue weighted by Crippen LogP contribution is -2.39. The lowest BCUT2D eigenvalue weighted by molar-refractivity contribution is -0.143. The van der Waals surface area contributed by atoms with Crippen LogP contribution in [0.15, 0.2) is 63.8 Å². The summed E-state index contributed by atoms with van der Waals surface area (Å²) >= 11 is 0. The van der Waals surface area contributed by atoms with E-state index < -0.39 is 17.7 Å². The molecule has 1 amide bonds. The molecule has 1 atom stereocenters. The van der Waals surface area contributed by atoms with Crippen molar-refractivity contribution in [3.8, 4) is 16.9 Å². The van der Waals surface area contributed by atoms with Gasteiger partial charge in [-0.15, -0.1) is 0 Å². The highest BCUT2D eigenvalue weighted by atomic mass is 16.5. The molecule has 3 aromatic rings. The minimum Gasteiger partial charge on any atom is -0.481 e. The highest BCUT2D eigenvalue weighted by Gasteiger charge is 2.26. The lowest BCUT2D eigenvalue weighted by atomic mass is 9.82. The summed E-state index contributed by atoms with van der Waals surface area (Å²) in [6.07, 6.45) is 2.16. The van der Waals surface area contributed by atoms with Gasteiger partial charge in [-0.05, 0) is 62.3 Å².